The van der Waals surface area contributed by atoms with Crippen LogP contribution in [0.15, 0.2) is 54.7 Å². The zero-order chi connectivity index (χ0) is 23.7. The van der Waals surface area contributed by atoms with Crippen molar-refractivity contribution in [2.75, 3.05) is 0 Å². The Morgan fingerprint density at radius 1 is 1.11 bits per heavy atom. The van der Waals surface area contributed by atoms with E-state index in [1.807, 2.05) is 54.7 Å². The van der Waals surface area contributed by atoms with Gasteiger partial charge in [-0.15, -0.1) is 10.2 Å². The van der Waals surface area contributed by atoms with Gasteiger partial charge in [0.1, 0.15) is 5.82 Å². The van der Waals surface area contributed by atoms with Gasteiger partial charge in [-0.3, -0.25) is 0 Å². The van der Waals surface area contributed by atoms with Gasteiger partial charge in [-0.1, -0.05) is 49.2 Å². The van der Waals surface area contributed by atoms with Crippen LogP contribution in [0.1, 0.15) is 41.6 Å². The third-order valence-electron chi connectivity index (χ3n) is 5.86. The SMILES string of the molecule is CCCCc1nc(Cl)c(C(=O)O)n1Cc1cccc2c1ccn2-c1ccccc1-c1nn[nH]n1.[Li].[Li]. The van der Waals surface area contributed by atoms with Crippen molar-refractivity contribution in [3.05, 3.63) is 77.0 Å². The molecule has 12 heteroatoms. The standard InChI is InChI=1S/C24H22ClN7O2.2Li/c1-2-3-11-20-26-22(25)21(24(33)34)32(20)14-15-7-6-10-18-16(15)12-13-31(18)19-9-5-4-8-17(19)23-27-29-30-28-23;;/h4-10,12-13H,2-3,11,14H2,1H3,(H,33,34)(H,27,28,29,30);;. The van der Waals surface area contributed by atoms with E-state index in [-0.39, 0.29) is 48.6 Å². The van der Waals surface area contributed by atoms with Crippen LogP contribution in [0, 0.1) is 0 Å². The number of aromatic amines is 1. The maximum absolute atomic E-state index is 12.0. The number of carbonyl (C=O) groups is 1. The average molecular weight is 490 g/mol. The molecule has 0 saturated carbocycles. The number of carboxylic acids is 1. The maximum Gasteiger partial charge on any atom is 0.355 e. The number of fused-ring (bicyclic) bond motifs is 1. The van der Waals surface area contributed by atoms with Crippen molar-refractivity contribution in [2.24, 2.45) is 0 Å². The van der Waals surface area contributed by atoms with Crippen LogP contribution in [0.25, 0.3) is 28.0 Å². The minimum Gasteiger partial charge on any atom is -0.476 e. The molecule has 5 aromatic rings. The van der Waals surface area contributed by atoms with E-state index in [2.05, 4.69) is 37.1 Å². The molecule has 0 amide bonds. The van der Waals surface area contributed by atoms with Crippen LogP contribution in [-0.4, -0.2) is 83.5 Å². The van der Waals surface area contributed by atoms with E-state index in [4.69, 9.17) is 11.6 Å². The number of tetrazole rings is 1. The number of benzene rings is 2. The number of H-pyrrole nitrogens is 1. The Morgan fingerprint density at radius 2 is 1.92 bits per heavy atom. The molecular weight excluding hydrogens is 468 g/mol. The Bertz CT molecular complexity index is 1480. The molecule has 0 fully saturated rings. The third kappa shape index (κ3) is 5.17. The zero-order valence-electron chi connectivity index (χ0n) is 20.4. The van der Waals surface area contributed by atoms with E-state index in [1.165, 1.54) is 0 Å². The minimum absolute atomic E-state index is 0. The molecule has 2 N–H and O–H groups in total. The van der Waals surface area contributed by atoms with Crippen LogP contribution in [0.4, 0.5) is 0 Å². The first kappa shape index (κ1) is 27.8. The number of aromatic carboxylic acids is 1. The number of halogens is 1. The Hall–Kier alpha value is -2.79. The Morgan fingerprint density at radius 3 is 2.64 bits per heavy atom. The van der Waals surface area contributed by atoms with E-state index >= 15 is 0 Å². The molecule has 0 aliphatic rings. The van der Waals surface area contributed by atoms with Gasteiger partial charge in [0, 0.05) is 61.3 Å². The summed E-state index contributed by atoms with van der Waals surface area (Å²) < 4.78 is 3.79. The molecule has 36 heavy (non-hydrogen) atoms. The fourth-order valence-electron chi connectivity index (χ4n) is 4.27. The van der Waals surface area contributed by atoms with Crippen molar-refractivity contribution in [3.8, 4) is 17.1 Å². The van der Waals surface area contributed by atoms with Gasteiger partial charge in [-0.05, 0) is 41.5 Å². The summed E-state index contributed by atoms with van der Waals surface area (Å²) in [5.74, 6) is 0.107. The number of carboxylic acid groups (broad SMARTS) is 1. The van der Waals surface area contributed by atoms with E-state index in [1.54, 1.807) is 4.57 Å². The van der Waals surface area contributed by atoms with E-state index in [0.29, 0.717) is 24.6 Å². The molecule has 3 aromatic heterocycles. The first-order chi connectivity index (χ1) is 16.6. The third-order valence-corrected chi connectivity index (χ3v) is 6.13. The van der Waals surface area contributed by atoms with E-state index in [9.17, 15) is 9.90 Å². The van der Waals surface area contributed by atoms with Crippen LogP contribution in [0.2, 0.25) is 5.15 Å². The Labute approximate surface area is 236 Å². The van der Waals surface area contributed by atoms with Crippen LogP contribution in [0.3, 0.4) is 0 Å². The van der Waals surface area contributed by atoms with Crippen molar-refractivity contribution < 1.29 is 9.90 Å². The molecule has 0 saturated heterocycles. The molecule has 2 aromatic carbocycles. The number of nitrogens with one attached hydrogen (secondary N) is 1. The van der Waals surface area contributed by atoms with Crippen molar-refractivity contribution in [2.45, 2.75) is 32.7 Å². The number of rotatable bonds is 8. The molecule has 2 radical (unpaired) electrons. The van der Waals surface area contributed by atoms with Crippen LogP contribution in [-0.2, 0) is 13.0 Å². The monoisotopic (exact) mass is 489 g/mol. The molecule has 0 spiro atoms. The second-order valence-electron chi connectivity index (χ2n) is 7.95. The zero-order valence-corrected chi connectivity index (χ0v) is 21.2. The summed E-state index contributed by atoms with van der Waals surface area (Å²) >= 11 is 6.22. The van der Waals surface area contributed by atoms with Gasteiger partial charge in [0.15, 0.2) is 10.8 Å². The summed E-state index contributed by atoms with van der Waals surface area (Å²) in [4.78, 5) is 16.3. The van der Waals surface area contributed by atoms with Crippen LogP contribution < -0.4 is 0 Å². The number of para-hydroxylation sites is 1. The topological polar surface area (TPSA) is 115 Å². The van der Waals surface area contributed by atoms with Gasteiger partial charge in [0.25, 0.3) is 0 Å². The molecule has 0 atom stereocenters. The number of imidazole rings is 1. The molecule has 9 nitrogen and oxygen atoms in total. The average Bonchev–Trinajstić information content (AvgIpc) is 3.57. The molecule has 174 valence electrons. The number of hydrogen-bond acceptors (Lipinski definition) is 5. The van der Waals surface area contributed by atoms with Gasteiger partial charge in [-0.2, -0.15) is 5.21 Å². The number of nitrogens with zero attached hydrogens (tertiary/aromatic N) is 6. The molecule has 0 aliphatic carbocycles. The molecule has 0 aliphatic heterocycles. The quantitative estimate of drug-likeness (QED) is 0.319. The molecule has 5 rings (SSSR count). The molecular formula is C24H22ClLi2N7O2. The fraction of sp³-hybridized carbons (Fsp3) is 0.208. The number of aryl methyl sites for hydroxylation is 1. The first-order valence-electron chi connectivity index (χ1n) is 11.0. The van der Waals surface area contributed by atoms with Crippen LogP contribution >= 0.6 is 11.6 Å². The van der Waals surface area contributed by atoms with Gasteiger partial charge in [0.2, 0.25) is 5.82 Å². The Balaban J connectivity index is 0.00000180. The molecule has 3 heterocycles. The number of unbranched alkanes of at least 4 members (excludes halogenated alkanes) is 1. The first-order valence-corrected chi connectivity index (χ1v) is 11.4. The second kappa shape index (κ2) is 12.0. The van der Waals surface area contributed by atoms with Gasteiger partial charge >= 0.3 is 5.97 Å². The summed E-state index contributed by atoms with van der Waals surface area (Å²) in [6.45, 7) is 2.44. The molecule has 0 bridgehead atoms. The predicted octanol–water partition coefficient (Wildman–Crippen LogP) is 3.99. The largest absolute Gasteiger partial charge is 0.476 e. The summed E-state index contributed by atoms with van der Waals surface area (Å²) in [5, 5.41) is 25.3. The maximum atomic E-state index is 12.0. The van der Waals surface area contributed by atoms with E-state index < -0.39 is 5.97 Å². The summed E-state index contributed by atoms with van der Waals surface area (Å²) in [5.41, 5.74) is 3.73. The van der Waals surface area contributed by atoms with Crippen LogP contribution in [0.5, 0.6) is 0 Å². The Kier molecular flexibility index (Phi) is 9.24. The van der Waals surface area contributed by atoms with Gasteiger partial charge in [0.05, 0.1) is 17.7 Å². The minimum atomic E-state index is -1.08. The number of aromatic nitrogens is 7. The van der Waals surface area contributed by atoms with E-state index in [0.717, 1.165) is 40.6 Å². The van der Waals surface area contributed by atoms with Gasteiger partial charge in [-0.25, -0.2) is 9.78 Å². The smallest absolute Gasteiger partial charge is 0.355 e. The fourth-order valence-corrected chi connectivity index (χ4v) is 4.55. The summed E-state index contributed by atoms with van der Waals surface area (Å²) in [7, 11) is 0. The summed E-state index contributed by atoms with van der Waals surface area (Å²) in [6.07, 6.45) is 4.54. The second-order valence-corrected chi connectivity index (χ2v) is 8.31. The van der Waals surface area contributed by atoms with Crippen molar-refractivity contribution in [3.63, 3.8) is 0 Å². The van der Waals surface area contributed by atoms with Crippen molar-refractivity contribution >= 4 is 66.2 Å². The normalized spacial score (nSPS) is 10.7. The van der Waals surface area contributed by atoms with Crippen molar-refractivity contribution in [1.82, 2.24) is 34.7 Å². The number of hydrogen-bond donors (Lipinski definition) is 2. The van der Waals surface area contributed by atoms with Gasteiger partial charge < -0.3 is 14.2 Å². The van der Waals surface area contributed by atoms with Crippen molar-refractivity contribution in [1.29, 1.82) is 0 Å². The molecule has 0 unspecified atom stereocenters. The summed E-state index contributed by atoms with van der Waals surface area (Å²) in [6, 6.07) is 15.9. The predicted molar refractivity (Wildman–Crippen MR) is 140 cm³/mol.